The number of carboxylic acids is 1. The lowest BCUT2D eigenvalue weighted by molar-refractivity contribution is -0.148. The van der Waals surface area contributed by atoms with Crippen molar-refractivity contribution in [1.82, 2.24) is 4.90 Å². The largest absolute Gasteiger partial charge is 0.480 e. The molecule has 0 saturated carbocycles. The number of primary amides is 1. The van der Waals surface area contributed by atoms with Crippen LogP contribution in [0.2, 0.25) is 0 Å². The third kappa shape index (κ3) is 5.37. The number of carboxylic acid groups (broad SMARTS) is 1. The van der Waals surface area contributed by atoms with Gasteiger partial charge in [0.2, 0.25) is 5.91 Å². The van der Waals surface area contributed by atoms with E-state index in [0.717, 1.165) is 0 Å². The summed E-state index contributed by atoms with van der Waals surface area (Å²) in [5.41, 5.74) is 11.7. The van der Waals surface area contributed by atoms with Crippen LogP contribution in [0.25, 0.3) is 0 Å². The van der Waals surface area contributed by atoms with Crippen molar-refractivity contribution in [3.8, 4) is 0 Å². The highest BCUT2D eigenvalue weighted by atomic mass is 16.4. The average molecular weight is 321 g/mol. The molecule has 0 aromatic heterocycles. The lowest BCUT2D eigenvalue weighted by atomic mass is 10.0. The van der Waals surface area contributed by atoms with E-state index in [4.69, 9.17) is 11.5 Å². The first kappa shape index (κ1) is 18.6. The molecule has 7 heteroatoms. The van der Waals surface area contributed by atoms with Crippen LogP contribution in [0.5, 0.6) is 0 Å². The van der Waals surface area contributed by atoms with Crippen LogP contribution < -0.4 is 11.5 Å². The van der Waals surface area contributed by atoms with Gasteiger partial charge in [0.25, 0.3) is 0 Å². The second-order valence-corrected chi connectivity index (χ2v) is 5.83. The summed E-state index contributed by atoms with van der Waals surface area (Å²) >= 11 is 0. The summed E-state index contributed by atoms with van der Waals surface area (Å²) in [6.45, 7) is 3.75. The molecule has 0 saturated heterocycles. The summed E-state index contributed by atoms with van der Waals surface area (Å²) in [4.78, 5) is 36.2. The van der Waals surface area contributed by atoms with E-state index < -0.39 is 30.0 Å². The molecule has 0 fully saturated rings. The molecule has 3 amide bonds. The molecule has 5 N–H and O–H groups in total. The van der Waals surface area contributed by atoms with Gasteiger partial charge in [0.1, 0.15) is 6.04 Å². The molecule has 0 unspecified atom stereocenters. The van der Waals surface area contributed by atoms with Gasteiger partial charge in [0.05, 0.1) is 6.04 Å². The highest BCUT2D eigenvalue weighted by molar-refractivity contribution is 6.00. The number of urea groups is 1. The molecule has 7 nitrogen and oxygen atoms in total. The van der Waals surface area contributed by atoms with Crippen LogP contribution in [0, 0.1) is 5.92 Å². The van der Waals surface area contributed by atoms with E-state index in [0.29, 0.717) is 16.9 Å². The van der Waals surface area contributed by atoms with Gasteiger partial charge in [-0.2, -0.15) is 0 Å². The predicted octanol–water partition coefficient (Wildman–Crippen LogP) is 0.963. The minimum atomic E-state index is -1.39. The molecule has 0 aliphatic heterocycles. The Morgan fingerprint density at radius 1 is 1.17 bits per heavy atom. The fraction of sp³-hybridized carbons (Fsp3) is 0.438. The first-order chi connectivity index (χ1) is 10.7. The number of imide groups is 1. The number of amides is 3. The summed E-state index contributed by atoms with van der Waals surface area (Å²) in [6.07, 6.45) is 0.305. The number of aliphatic carboxylic acids is 1. The number of benzene rings is 1. The van der Waals surface area contributed by atoms with Gasteiger partial charge in [-0.15, -0.1) is 0 Å². The van der Waals surface area contributed by atoms with E-state index in [9.17, 15) is 19.5 Å². The highest BCUT2D eigenvalue weighted by Gasteiger charge is 2.36. The Bertz CT molecular complexity index is 560. The van der Waals surface area contributed by atoms with Gasteiger partial charge in [0, 0.05) is 6.42 Å². The summed E-state index contributed by atoms with van der Waals surface area (Å²) in [5, 5.41) is 9.42. The van der Waals surface area contributed by atoms with Crippen LogP contribution >= 0.6 is 0 Å². The fourth-order valence-electron chi connectivity index (χ4n) is 2.33. The van der Waals surface area contributed by atoms with Crippen molar-refractivity contribution in [2.75, 3.05) is 0 Å². The Morgan fingerprint density at radius 3 is 2.17 bits per heavy atom. The minimum Gasteiger partial charge on any atom is -0.480 e. The van der Waals surface area contributed by atoms with E-state index in [1.54, 1.807) is 30.3 Å². The number of carbonyl (C=O) groups is 3. The SMILES string of the molecule is CC(C)C[C@H](N)C(=O)N(C(N)=O)[C@@H](Cc1ccccc1)C(=O)O. The Balaban J connectivity index is 3.05. The molecule has 0 bridgehead atoms. The van der Waals surface area contributed by atoms with E-state index >= 15 is 0 Å². The number of rotatable bonds is 7. The molecule has 0 aliphatic rings. The smallest absolute Gasteiger partial charge is 0.327 e. The van der Waals surface area contributed by atoms with Gasteiger partial charge < -0.3 is 16.6 Å². The number of nitrogens with two attached hydrogens (primary N) is 2. The van der Waals surface area contributed by atoms with Gasteiger partial charge in [-0.1, -0.05) is 44.2 Å². The molecule has 0 heterocycles. The molecule has 2 atom stereocenters. The van der Waals surface area contributed by atoms with Crippen molar-refractivity contribution >= 4 is 17.9 Å². The zero-order chi connectivity index (χ0) is 17.6. The third-order valence-corrected chi connectivity index (χ3v) is 3.39. The second kappa shape index (κ2) is 8.28. The molecule has 1 aromatic carbocycles. The summed E-state index contributed by atoms with van der Waals surface area (Å²) in [5.74, 6) is -1.95. The van der Waals surface area contributed by atoms with Gasteiger partial charge in [-0.25, -0.2) is 14.5 Å². The van der Waals surface area contributed by atoms with Crippen molar-refractivity contribution in [2.45, 2.75) is 38.8 Å². The maximum Gasteiger partial charge on any atom is 0.327 e. The Labute approximate surface area is 135 Å². The normalized spacial score (nSPS) is 13.4. The Kier molecular flexibility index (Phi) is 6.71. The predicted molar refractivity (Wildman–Crippen MR) is 85.4 cm³/mol. The van der Waals surface area contributed by atoms with Crippen molar-refractivity contribution in [3.05, 3.63) is 35.9 Å². The molecule has 23 heavy (non-hydrogen) atoms. The first-order valence-corrected chi connectivity index (χ1v) is 7.38. The fourth-order valence-corrected chi connectivity index (χ4v) is 2.33. The highest BCUT2D eigenvalue weighted by Crippen LogP contribution is 2.13. The van der Waals surface area contributed by atoms with E-state index in [2.05, 4.69) is 0 Å². The Hall–Kier alpha value is -2.41. The molecule has 126 valence electrons. The van der Waals surface area contributed by atoms with Gasteiger partial charge >= 0.3 is 12.0 Å². The second-order valence-electron chi connectivity index (χ2n) is 5.83. The Morgan fingerprint density at radius 2 is 1.74 bits per heavy atom. The van der Waals surface area contributed by atoms with Crippen molar-refractivity contribution in [2.24, 2.45) is 17.4 Å². The van der Waals surface area contributed by atoms with Crippen molar-refractivity contribution in [3.63, 3.8) is 0 Å². The van der Waals surface area contributed by atoms with Crippen LogP contribution in [0.15, 0.2) is 30.3 Å². The summed E-state index contributed by atoms with van der Waals surface area (Å²) in [6, 6.07) is 5.23. The zero-order valence-corrected chi connectivity index (χ0v) is 13.3. The van der Waals surface area contributed by atoms with Crippen LogP contribution in [-0.4, -0.2) is 40.0 Å². The van der Waals surface area contributed by atoms with Crippen molar-refractivity contribution in [1.29, 1.82) is 0 Å². The average Bonchev–Trinajstić information content (AvgIpc) is 2.46. The third-order valence-electron chi connectivity index (χ3n) is 3.39. The van der Waals surface area contributed by atoms with Gasteiger partial charge in [0.15, 0.2) is 0 Å². The topological polar surface area (TPSA) is 127 Å². The molecule has 1 aromatic rings. The maximum atomic E-state index is 12.4. The summed E-state index contributed by atoms with van der Waals surface area (Å²) in [7, 11) is 0. The molecular formula is C16H23N3O4. The first-order valence-electron chi connectivity index (χ1n) is 7.38. The zero-order valence-electron chi connectivity index (χ0n) is 13.3. The molecule has 1 rings (SSSR count). The van der Waals surface area contributed by atoms with E-state index in [1.807, 2.05) is 13.8 Å². The lowest BCUT2D eigenvalue weighted by Gasteiger charge is -2.28. The van der Waals surface area contributed by atoms with Gasteiger partial charge in [-0.3, -0.25) is 4.79 Å². The van der Waals surface area contributed by atoms with Crippen molar-refractivity contribution < 1.29 is 19.5 Å². The van der Waals surface area contributed by atoms with Crippen LogP contribution in [0.4, 0.5) is 4.79 Å². The van der Waals surface area contributed by atoms with E-state index in [-0.39, 0.29) is 12.3 Å². The molecule has 0 radical (unpaired) electrons. The number of nitrogens with zero attached hydrogens (tertiary/aromatic N) is 1. The maximum absolute atomic E-state index is 12.4. The number of hydrogen-bond acceptors (Lipinski definition) is 4. The minimum absolute atomic E-state index is 0.0285. The van der Waals surface area contributed by atoms with Crippen LogP contribution in [-0.2, 0) is 16.0 Å². The van der Waals surface area contributed by atoms with Gasteiger partial charge in [-0.05, 0) is 17.9 Å². The number of hydrogen-bond donors (Lipinski definition) is 3. The molecular weight excluding hydrogens is 298 g/mol. The lowest BCUT2D eigenvalue weighted by Crippen LogP contribution is -2.56. The van der Waals surface area contributed by atoms with E-state index in [1.165, 1.54) is 0 Å². The quantitative estimate of drug-likeness (QED) is 0.689. The summed E-state index contributed by atoms with van der Waals surface area (Å²) < 4.78 is 0. The monoisotopic (exact) mass is 321 g/mol. The van der Waals surface area contributed by atoms with Crippen LogP contribution in [0.3, 0.4) is 0 Å². The standard InChI is InChI=1S/C16H23N3O4/c1-10(2)8-12(17)14(20)19(16(18)23)13(15(21)22)9-11-6-4-3-5-7-11/h3-7,10,12-13H,8-9,17H2,1-2H3,(H2,18,23)(H,21,22)/t12-,13-/m0/s1. The molecule has 0 spiro atoms. The van der Waals surface area contributed by atoms with Crippen LogP contribution in [0.1, 0.15) is 25.8 Å². The number of carbonyl (C=O) groups excluding carboxylic acids is 2. The molecule has 0 aliphatic carbocycles.